The maximum absolute atomic E-state index is 9.60. The first-order valence-corrected chi connectivity index (χ1v) is 15.8. The van der Waals surface area contributed by atoms with Gasteiger partial charge in [-0.25, -0.2) is 0 Å². The third kappa shape index (κ3) is 4.48. The Labute approximate surface area is 270 Å². The number of benzene rings is 7. The predicted octanol–water partition coefficient (Wildman–Crippen LogP) is 11.8. The number of nitriles is 1. The monoisotopic (exact) mass is 588 g/mol. The van der Waals surface area contributed by atoms with E-state index in [1.807, 2.05) is 12.1 Å². The predicted molar refractivity (Wildman–Crippen MR) is 192 cm³/mol. The van der Waals surface area contributed by atoms with Gasteiger partial charge in [0.05, 0.1) is 17.3 Å². The highest BCUT2D eigenvalue weighted by atomic mass is 15.1. The zero-order chi connectivity index (χ0) is 31.3. The lowest BCUT2D eigenvalue weighted by Gasteiger charge is -2.30. The highest BCUT2D eigenvalue weighted by Crippen LogP contribution is 2.52. The van der Waals surface area contributed by atoms with Crippen LogP contribution in [0.1, 0.15) is 30.5 Å². The van der Waals surface area contributed by atoms with Gasteiger partial charge >= 0.3 is 0 Å². The molecule has 0 N–H and O–H groups in total. The Morgan fingerprint density at radius 3 is 1.98 bits per heavy atom. The summed E-state index contributed by atoms with van der Waals surface area (Å²) in [6.07, 6.45) is 0. The van der Waals surface area contributed by atoms with E-state index < -0.39 is 0 Å². The first-order valence-electron chi connectivity index (χ1n) is 15.8. The topological polar surface area (TPSA) is 27.0 Å². The smallest absolute Gasteiger partial charge is 0.0991 e. The molecule has 218 valence electrons. The first-order chi connectivity index (χ1) is 22.5. The maximum Gasteiger partial charge on any atom is 0.0991 e. The number of hydrogen-bond donors (Lipinski definition) is 0. The van der Waals surface area contributed by atoms with E-state index in [0.29, 0.717) is 5.56 Å². The van der Waals surface area contributed by atoms with Gasteiger partial charge in [0.2, 0.25) is 0 Å². The molecule has 0 atom stereocenters. The molecular formula is C44H32N2. The highest BCUT2D eigenvalue weighted by Gasteiger charge is 2.35. The Balaban J connectivity index is 1.41. The maximum atomic E-state index is 9.60. The van der Waals surface area contributed by atoms with Crippen LogP contribution in [-0.2, 0) is 5.41 Å². The number of fused-ring (bicyclic) bond motifs is 4. The lowest BCUT2D eigenvalue weighted by molar-refractivity contribution is 0.660. The molecule has 7 aromatic rings. The molecule has 0 heterocycles. The molecule has 0 fully saturated rings. The van der Waals surface area contributed by atoms with Crippen molar-refractivity contribution >= 4 is 27.8 Å². The van der Waals surface area contributed by atoms with Crippen molar-refractivity contribution in [1.82, 2.24) is 0 Å². The molecule has 2 nitrogen and oxygen atoms in total. The zero-order valence-electron chi connectivity index (χ0n) is 25.9. The summed E-state index contributed by atoms with van der Waals surface area (Å²) in [6.45, 7) is 4.67. The van der Waals surface area contributed by atoms with Crippen molar-refractivity contribution in [1.29, 1.82) is 5.26 Å². The normalized spacial score (nSPS) is 12.7. The zero-order valence-corrected chi connectivity index (χ0v) is 25.9. The molecule has 8 rings (SSSR count). The second-order valence-corrected chi connectivity index (χ2v) is 12.5. The summed E-state index contributed by atoms with van der Waals surface area (Å²) >= 11 is 0. The van der Waals surface area contributed by atoms with E-state index in [9.17, 15) is 5.26 Å². The second-order valence-electron chi connectivity index (χ2n) is 12.5. The van der Waals surface area contributed by atoms with Crippen molar-refractivity contribution in [2.45, 2.75) is 19.3 Å². The van der Waals surface area contributed by atoms with Gasteiger partial charge < -0.3 is 4.90 Å². The molecule has 0 spiro atoms. The van der Waals surface area contributed by atoms with E-state index in [0.717, 1.165) is 17.1 Å². The highest BCUT2D eigenvalue weighted by molar-refractivity contribution is 5.99. The number of anilines is 3. The fourth-order valence-corrected chi connectivity index (χ4v) is 7.18. The second kappa shape index (κ2) is 10.9. The Bertz CT molecular complexity index is 2290. The van der Waals surface area contributed by atoms with E-state index in [1.165, 1.54) is 55.3 Å². The molecule has 0 saturated carbocycles. The molecule has 7 aromatic carbocycles. The molecule has 0 radical (unpaired) electrons. The minimum absolute atomic E-state index is 0.116. The molecule has 0 amide bonds. The average Bonchev–Trinajstić information content (AvgIpc) is 3.34. The number of hydrogen-bond acceptors (Lipinski definition) is 2. The summed E-state index contributed by atoms with van der Waals surface area (Å²) in [6, 6.07) is 58.4. The fraction of sp³-hybridized carbons (Fsp3) is 0.0682. The Kier molecular flexibility index (Phi) is 6.55. The van der Waals surface area contributed by atoms with Crippen molar-refractivity contribution < 1.29 is 0 Å². The van der Waals surface area contributed by atoms with E-state index in [4.69, 9.17) is 0 Å². The molecule has 1 aliphatic carbocycles. The molecule has 0 saturated heterocycles. The lowest BCUT2D eigenvalue weighted by atomic mass is 9.81. The molecule has 46 heavy (non-hydrogen) atoms. The molecule has 2 heteroatoms. The molecule has 0 unspecified atom stereocenters. The van der Waals surface area contributed by atoms with Crippen molar-refractivity contribution in [3.05, 3.63) is 174 Å². The van der Waals surface area contributed by atoms with E-state index in [2.05, 4.69) is 170 Å². The molecule has 0 aliphatic heterocycles. The van der Waals surface area contributed by atoms with Crippen LogP contribution in [-0.4, -0.2) is 0 Å². The molecule has 1 aliphatic rings. The first kappa shape index (κ1) is 27.6. The summed E-state index contributed by atoms with van der Waals surface area (Å²) < 4.78 is 0. The average molecular weight is 589 g/mol. The van der Waals surface area contributed by atoms with Crippen LogP contribution in [0.4, 0.5) is 17.1 Å². The Hall–Kier alpha value is -5.91. The summed E-state index contributed by atoms with van der Waals surface area (Å²) in [4.78, 5) is 2.34. The van der Waals surface area contributed by atoms with Gasteiger partial charge in [-0.15, -0.1) is 0 Å². The van der Waals surface area contributed by atoms with Gasteiger partial charge in [-0.2, -0.15) is 5.26 Å². The SMILES string of the molecule is CC1(C)c2ccccc2-c2ccc(-c3c(-c4ccccc4)cccc3N(c3ccc(C#N)cc3)c3ccc4ccccc4c3)cc21. The number of rotatable bonds is 5. The van der Waals surface area contributed by atoms with Gasteiger partial charge in [0.1, 0.15) is 0 Å². The Morgan fingerprint density at radius 2 is 1.17 bits per heavy atom. The van der Waals surface area contributed by atoms with Crippen LogP contribution in [0.3, 0.4) is 0 Å². The summed E-state index contributed by atoms with van der Waals surface area (Å²) in [5.41, 5.74) is 13.7. The van der Waals surface area contributed by atoms with Crippen LogP contribution in [0.2, 0.25) is 0 Å². The quantitative estimate of drug-likeness (QED) is 0.200. The van der Waals surface area contributed by atoms with Crippen molar-refractivity contribution in [2.75, 3.05) is 4.90 Å². The van der Waals surface area contributed by atoms with Crippen LogP contribution >= 0.6 is 0 Å². The van der Waals surface area contributed by atoms with Crippen LogP contribution in [0, 0.1) is 11.3 Å². The van der Waals surface area contributed by atoms with Crippen molar-refractivity contribution in [3.63, 3.8) is 0 Å². The summed E-state index contributed by atoms with van der Waals surface area (Å²) in [5, 5.41) is 12.0. The van der Waals surface area contributed by atoms with Gasteiger partial charge in [-0.05, 0) is 98.2 Å². The minimum atomic E-state index is -0.116. The van der Waals surface area contributed by atoms with Crippen LogP contribution < -0.4 is 4.90 Å². The van der Waals surface area contributed by atoms with E-state index in [1.54, 1.807) is 0 Å². The van der Waals surface area contributed by atoms with Gasteiger partial charge in [0.25, 0.3) is 0 Å². The van der Waals surface area contributed by atoms with Crippen LogP contribution in [0.25, 0.3) is 44.2 Å². The third-order valence-corrected chi connectivity index (χ3v) is 9.49. The van der Waals surface area contributed by atoms with Gasteiger partial charge in [-0.1, -0.05) is 123 Å². The van der Waals surface area contributed by atoms with Crippen LogP contribution in [0.15, 0.2) is 158 Å². The minimum Gasteiger partial charge on any atom is -0.310 e. The summed E-state index contributed by atoms with van der Waals surface area (Å²) in [7, 11) is 0. The third-order valence-electron chi connectivity index (χ3n) is 9.49. The summed E-state index contributed by atoms with van der Waals surface area (Å²) in [5.74, 6) is 0. The van der Waals surface area contributed by atoms with E-state index in [-0.39, 0.29) is 5.41 Å². The largest absolute Gasteiger partial charge is 0.310 e. The fourth-order valence-electron chi connectivity index (χ4n) is 7.18. The van der Waals surface area contributed by atoms with Gasteiger partial charge in [0.15, 0.2) is 0 Å². The van der Waals surface area contributed by atoms with Gasteiger partial charge in [-0.3, -0.25) is 0 Å². The van der Waals surface area contributed by atoms with Crippen molar-refractivity contribution in [2.24, 2.45) is 0 Å². The molecular weight excluding hydrogens is 556 g/mol. The van der Waals surface area contributed by atoms with Gasteiger partial charge in [0, 0.05) is 22.4 Å². The lowest BCUT2D eigenvalue weighted by Crippen LogP contribution is -2.15. The van der Waals surface area contributed by atoms with Crippen molar-refractivity contribution in [3.8, 4) is 39.4 Å². The number of nitrogens with zero attached hydrogens (tertiary/aromatic N) is 2. The standard InChI is InChI=1S/C44H32N2/c1-44(2)40-17-9-8-15-38(40)39-26-22-34(28-41(39)44)43-37(32-12-4-3-5-13-32)16-10-18-42(43)46(35-23-19-30(29-45)20-24-35)36-25-21-31-11-6-7-14-33(31)27-36/h3-28H,1-2H3. The van der Waals surface area contributed by atoms with Crippen LogP contribution in [0.5, 0.6) is 0 Å². The van der Waals surface area contributed by atoms with E-state index >= 15 is 0 Å². The molecule has 0 bridgehead atoms. The Morgan fingerprint density at radius 1 is 0.500 bits per heavy atom. The molecule has 0 aromatic heterocycles.